The molecule has 0 aromatic heterocycles. The maximum atomic E-state index is 12.1. The van der Waals surface area contributed by atoms with Crippen LogP contribution in [0.5, 0.6) is 0 Å². The number of amides is 2. The molecule has 21 heavy (non-hydrogen) atoms. The molecule has 0 aliphatic rings. The third-order valence-corrected chi connectivity index (χ3v) is 3.22. The molecule has 0 aliphatic heterocycles. The summed E-state index contributed by atoms with van der Waals surface area (Å²) in [5.74, 6) is -0.413. The molecule has 1 aromatic carbocycles. The van der Waals surface area contributed by atoms with Crippen molar-refractivity contribution in [2.45, 2.75) is 33.2 Å². The van der Waals surface area contributed by atoms with Crippen LogP contribution in [0.25, 0.3) is 0 Å². The van der Waals surface area contributed by atoms with Crippen LogP contribution in [-0.2, 0) is 4.79 Å². The summed E-state index contributed by atoms with van der Waals surface area (Å²) in [6, 6.07) is 6.85. The molecule has 116 valence electrons. The molecule has 1 aromatic rings. The number of nitrogens with one attached hydrogen (secondary N) is 2. The van der Waals surface area contributed by atoms with Gasteiger partial charge in [-0.15, -0.1) is 0 Å². The number of benzene rings is 1. The Morgan fingerprint density at radius 1 is 1.19 bits per heavy atom. The fourth-order valence-corrected chi connectivity index (χ4v) is 2.00. The number of likely N-dealkylation sites (N-methyl/N-ethyl adjacent to an activating group) is 1. The van der Waals surface area contributed by atoms with Gasteiger partial charge in [0.05, 0.1) is 0 Å². The van der Waals surface area contributed by atoms with Crippen LogP contribution < -0.4 is 15.5 Å². The molecule has 1 rings (SSSR count). The van der Waals surface area contributed by atoms with Gasteiger partial charge in [-0.25, -0.2) is 0 Å². The van der Waals surface area contributed by atoms with E-state index in [1.54, 1.807) is 19.1 Å². The molecule has 5 heteroatoms. The number of carbonyl (C=O) groups is 2. The van der Waals surface area contributed by atoms with Crippen molar-refractivity contribution in [1.29, 1.82) is 0 Å². The fraction of sp³-hybridized carbons (Fsp3) is 0.500. The van der Waals surface area contributed by atoms with Crippen LogP contribution in [0.2, 0.25) is 0 Å². The summed E-state index contributed by atoms with van der Waals surface area (Å²) >= 11 is 0. The van der Waals surface area contributed by atoms with Crippen LogP contribution in [-0.4, -0.2) is 38.0 Å². The lowest BCUT2D eigenvalue weighted by Crippen LogP contribution is -2.44. The highest BCUT2D eigenvalue weighted by atomic mass is 16.2. The third kappa shape index (κ3) is 5.10. The van der Waals surface area contributed by atoms with E-state index in [-0.39, 0.29) is 11.8 Å². The lowest BCUT2D eigenvalue weighted by Gasteiger charge is -2.18. The minimum atomic E-state index is -0.542. The Morgan fingerprint density at radius 2 is 1.81 bits per heavy atom. The van der Waals surface area contributed by atoms with E-state index >= 15 is 0 Å². The van der Waals surface area contributed by atoms with E-state index < -0.39 is 6.04 Å². The smallest absolute Gasteiger partial charge is 0.251 e. The first kappa shape index (κ1) is 17.0. The topological polar surface area (TPSA) is 61.4 Å². The first-order chi connectivity index (χ1) is 9.99. The standard InChI is InChI=1S/C16H25N3O2/c1-5-11-19(4)14-9-7-13(8-10-14)16(21)18-12(3)15(20)17-6-2/h7-10,12H,5-6,11H2,1-4H3,(H,17,20)(H,18,21)/t12-/m0/s1. The van der Waals surface area contributed by atoms with E-state index in [0.717, 1.165) is 18.7 Å². The minimum absolute atomic E-state index is 0.176. The average Bonchev–Trinajstić information content (AvgIpc) is 2.47. The maximum Gasteiger partial charge on any atom is 0.251 e. The number of rotatable bonds is 7. The Bertz CT molecular complexity index is 471. The van der Waals surface area contributed by atoms with Gasteiger partial charge in [-0.05, 0) is 44.5 Å². The monoisotopic (exact) mass is 291 g/mol. The summed E-state index contributed by atoms with van der Waals surface area (Å²) in [7, 11) is 2.02. The number of nitrogens with zero attached hydrogens (tertiary/aromatic N) is 1. The Morgan fingerprint density at radius 3 is 2.33 bits per heavy atom. The van der Waals surface area contributed by atoms with Crippen LogP contribution in [0.3, 0.4) is 0 Å². The summed E-state index contributed by atoms with van der Waals surface area (Å²) in [5.41, 5.74) is 1.63. The van der Waals surface area contributed by atoms with Gasteiger partial charge >= 0.3 is 0 Å². The van der Waals surface area contributed by atoms with Gasteiger partial charge in [0, 0.05) is 31.4 Å². The zero-order valence-electron chi connectivity index (χ0n) is 13.3. The Hall–Kier alpha value is -2.04. The summed E-state index contributed by atoms with van der Waals surface area (Å²) in [6.07, 6.45) is 1.07. The summed E-state index contributed by atoms with van der Waals surface area (Å²) in [6.45, 7) is 7.17. The second-order valence-electron chi connectivity index (χ2n) is 5.06. The highest BCUT2D eigenvalue weighted by molar-refractivity contribution is 5.97. The molecule has 0 spiro atoms. The van der Waals surface area contributed by atoms with Gasteiger partial charge < -0.3 is 15.5 Å². The molecule has 5 nitrogen and oxygen atoms in total. The molecule has 0 heterocycles. The van der Waals surface area contributed by atoms with Gasteiger partial charge in [-0.1, -0.05) is 6.92 Å². The van der Waals surface area contributed by atoms with Crippen molar-refractivity contribution >= 4 is 17.5 Å². The molecule has 0 aliphatic carbocycles. The molecule has 0 fully saturated rings. The molecule has 0 saturated carbocycles. The van der Waals surface area contributed by atoms with E-state index in [9.17, 15) is 9.59 Å². The van der Waals surface area contributed by atoms with Crippen molar-refractivity contribution in [3.63, 3.8) is 0 Å². The van der Waals surface area contributed by atoms with E-state index in [1.165, 1.54) is 0 Å². The summed E-state index contributed by atoms with van der Waals surface area (Å²) < 4.78 is 0. The highest BCUT2D eigenvalue weighted by Gasteiger charge is 2.15. The fourth-order valence-electron chi connectivity index (χ4n) is 2.00. The highest BCUT2D eigenvalue weighted by Crippen LogP contribution is 2.14. The van der Waals surface area contributed by atoms with Crippen LogP contribution >= 0.6 is 0 Å². The van der Waals surface area contributed by atoms with Crippen molar-refractivity contribution < 1.29 is 9.59 Å². The van der Waals surface area contributed by atoms with Gasteiger partial charge in [-0.2, -0.15) is 0 Å². The lowest BCUT2D eigenvalue weighted by molar-refractivity contribution is -0.122. The molecular weight excluding hydrogens is 266 g/mol. The molecule has 0 unspecified atom stereocenters. The largest absolute Gasteiger partial charge is 0.375 e. The van der Waals surface area contributed by atoms with Crippen LogP contribution in [0.1, 0.15) is 37.6 Å². The number of hydrogen-bond acceptors (Lipinski definition) is 3. The molecule has 0 saturated heterocycles. The quantitative estimate of drug-likeness (QED) is 0.805. The first-order valence-corrected chi connectivity index (χ1v) is 7.39. The molecule has 2 N–H and O–H groups in total. The first-order valence-electron chi connectivity index (χ1n) is 7.39. The van der Waals surface area contributed by atoms with Crippen molar-refractivity contribution in [2.24, 2.45) is 0 Å². The second kappa shape index (κ2) is 8.29. The number of anilines is 1. The Kier molecular flexibility index (Phi) is 6.72. The van der Waals surface area contributed by atoms with Crippen molar-refractivity contribution in [3.8, 4) is 0 Å². The van der Waals surface area contributed by atoms with Gasteiger partial charge in [0.2, 0.25) is 5.91 Å². The second-order valence-corrected chi connectivity index (χ2v) is 5.06. The van der Waals surface area contributed by atoms with Crippen LogP contribution in [0, 0.1) is 0 Å². The molecule has 0 bridgehead atoms. The molecule has 0 radical (unpaired) electrons. The van der Waals surface area contributed by atoms with Crippen molar-refractivity contribution in [1.82, 2.24) is 10.6 Å². The van der Waals surface area contributed by atoms with Gasteiger partial charge in [-0.3, -0.25) is 9.59 Å². The lowest BCUT2D eigenvalue weighted by atomic mass is 10.1. The summed E-state index contributed by atoms with van der Waals surface area (Å²) in [5, 5.41) is 5.37. The van der Waals surface area contributed by atoms with Crippen LogP contribution in [0.15, 0.2) is 24.3 Å². The van der Waals surface area contributed by atoms with Crippen molar-refractivity contribution in [3.05, 3.63) is 29.8 Å². The Labute approximate surface area is 126 Å². The number of carbonyl (C=O) groups excluding carboxylic acids is 2. The van der Waals surface area contributed by atoms with Gasteiger partial charge in [0.15, 0.2) is 0 Å². The van der Waals surface area contributed by atoms with E-state index in [2.05, 4.69) is 22.5 Å². The van der Waals surface area contributed by atoms with E-state index in [4.69, 9.17) is 0 Å². The third-order valence-electron chi connectivity index (χ3n) is 3.22. The van der Waals surface area contributed by atoms with Crippen molar-refractivity contribution in [2.75, 3.05) is 25.0 Å². The number of hydrogen-bond donors (Lipinski definition) is 2. The predicted octanol–water partition coefficient (Wildman–Crippen LogP) is 1.79. The Balaban J connectivity index is 2.65. The van der Waals surface area contributed by atoms with Gasteiger partial charge in [0.1, 0.15) is 6.04 Å². The average molecular weight is 291 g/mol. The SMILES string of the molecule is CCCN(C)c1ccc(C(=O)N[C@@H](C)C(=O)NCC)cc1. The van der Waals surface area contributed by atoms with E-state index in [0.29, 0.717) is 12.1 Å². The maximum absolute atomic E-state index is 12.1. The van der Waals surface area contributed by atoms with Gasteiger partial charge in [0.25, 0.3) is 5.91 Å². The molecular formula is C16H25N3O2. The van der Waals surface area contributed by atoms with Crippen LogP contribution in [0.4, 0.5) is 5.69 Å². The molecule has 2 amide bonds. The van der Waals surface area contributed by atoms with E-state index in [1.807, 2.05) is 26.1 Å². The zero-order valence-corrected chi connectivity index (χ0v) is 13.3. The summed E-state index contributed by atoms with van der Waals surface area (Å²) in [4.78, 5) is 25.8. The predicted molar refractivity (Wildman–Crippen MR) is 85.6 cm³/mol. The normalized spacial score (nSPS) is 11.6. The zero-order chi connectivity index (χ0) is 15.8. The minimum Gasteiger partial charge on any atom is -0.375 e. The molecule has 1 atom stereocenters.